The molecular formula is C21H25BrN2O2. The first-order chi connectivity index (χ1) is 12.5. The molecular weight excluding hydrogens is 392 g/mol. The Balaban J connectivity index is 2.16. The fraction of sp³-hybridized carbons (Fsp3) is 0.333. The average molecular weight is 417 g/mol. The zero-order chi connectivity index (χ0) is 19.1. The molecule has 0 heterocycles. The van der Waals surface area contributed by atoms with Crippen molar-refractivity contribution in [2.45, 2.75) is 33.6 Å². The van der Waals surface area contributed by atoms with Crippen LogP contribution >= 0.6 is 15.9 Å². The molecule has 0 aliphatic carbocycles. The molecule has 0 bridgehead atoms. The highest BCUT2D eigenvalue weighted by Crippen LogP contribution is 2.19. The second-order valence-electron chi connectivity index (χ2n) is 6.29. The number of anilines is 1. The Morgan fingerprint density at radius 3 is 2.31 bits per heavy atom. The number of rotatable bonds is 7. The van der Waals surface area contributed by atoms with Gasteiger partial charge in [0.2, 0.25) is 0 Å². The summed E-state index contributed by atoms with van der Waals surface area (Å²) in [5, 5.41) is 2.87. The number of hydrogen-bond donors (Lipinski definition) is 1. The summed E-state index contributed by atoms with van der Waals surface area (Å²) in [6.45, 7) is 7.57. The lowest BCUT2D eigenvalue weighted by Crippen LogP contribution is -2.32. The molecule has 2 aromatic rings. The van der Waals surface area contributed by atoms with Crippen LogP contribution in [0.3, 0.4) is 0 Å². The molecule has 0 saturated carbocycles. The third-order valence-corrected chi connectivity index (χ3v) is 4.93. The summed E-state index contributed by atoms with van der Waals surface area (Å²) in [6, 6.07) is 12.6. The van der Waals surface area contributed by atoms with Crippen LogP contribution in [0.2, 0.25) is 0 Å². The van der Waals surface area contributed by atoms with E-state index in [9.17, 15) is 9.59 Å². The van der Waals surface area contributed by atoms with Gasteiger partial charge in [-0.15, -0.1) is 0 Å². The summed E-state index contributed by atoms with van der Waals surface area (Å²) in [5.41, 5.74) is 2.85. The lowest BCUT2D eigenvalue weighted by molar-refractivity contribution is 0.0755. The zero-order valence-electron chi connectivity index (χ0n) is 15.5. The molecule has 0 radical (unpaired) electrons. The van der Waals surface area contributed by atoms with Crippen LogP contribution in [0.5, 0.6) is 0 Å². The fourth-order valence-electron chi connectivity index (χ4n) is 2.70. The predicted octanol–water partition coefficient (Wildman–Crippen LogP) is 5.27. The zero-order valence-corrected chi connectivity index (χ0v) is 17.1. The Kier molecular flexibility index (Phi) is 7.39. The molecule has 26 heavy (non-hydrogen) atoms. The van der Waals surface area contributed by atoms with Crippen LogP contribution in [0.25, 0.3) is 0 Å². The molecule has 2 aromatic carbocycles. The topological polar surface area (TPSA) is 49.4 Å². The van der Waals surface area contributed by atoms with Gasteiger partial charge in [0.15, 0.2) is 0 Å². The number of carbonyl (C=O) groups excluding carboxylic acids is 2. The van der Waals surface area contributed by atoms with E-state index in [1.807, 2.05) is 17.9 Å². The largest absolute Gasteiger partial charge is 0.339 e. The Morgan fingerprint density at radius 2 is 1.69 bits per heavy atom. The normalized spacial score (nSPS) is 10.5. The molecule has 138 valence electrons. The molecule has 0 aliphatic rings. The smallest absolute Gasteiger partial charge is 0.255 e. The van der Waals surface area contributed by atoms with E-state index in [4.69, 9.17) is 0 Å². The van der Waals surface area contributed by atoms with Crippen molar-refractivity contribution in [3.05, 3.63) is 63.6 Å². The van der Waals surface area contributed by atoms with E-state index < -0.39 is 0 Å². The summed E-state index contributed by atoms with van der Waals surface area (Å²) in [4.78, 5) is 27.1. The van der Waals surface area contributed by atoms with Gasteiger partial charge in [-0.1, -0.05) is 41.9 Å². The molecule has 0 aromatic heterocycles. The molecule has 0 atom stereocenters. The molecule has 0 saturated heterocycles. The molecule has 5 heteroatoms. The molecule has 4 nitrogen and oxygen atoms in total. The Bertz CT molecular complexity index is 783. The number of aryl methyl sites for hydroxylation is 1. The molecule has 1 N–H and O–H groups in total. The molecule has 0 fully saturated rings. The van der Waals surface area contributed by atoms with Gasteiger partial charge in [-0.25, -0.2) is 0 Å². The van der Waals surface area contributed by atoms with Gasteiger partial charge in [-0.2, -0.15) is 0 Å². The molecule has 0 unspecified atom stereocenters. The Labute approximate surface area is 163 Å². The van der Waals surface area contributed by atoms with Crippen LogP contribution < -0.4 is 5.32 Å². The van der Waals surface area contributed by atoms with Gasteiger partial charge in [0.1, 0.15) is 0 Å². The van der Waals surface area contributed by atoms with E-state index >= 15 is 0 Å². The third kappa shape index (κ3) is 5.18. The minimum absolute atomic E-state index is 0.00267. The first-order valence-electron chi connectivity index (χ1n) is 8.93. The van der Waals surface area contributed by atoms with Crippen LogP contribution in [0.15, 0.2) is 46.9 Å². The van der Waals surface area contributed by atoms with Gasteiger partial charge in [-0.3, -0.25) is 9.59 Å². The Morgan fingerprint density at radius 1 is 1.00 bits per heavy atom. The summed E-state index contributed by atoms with van der Waals surface area (Å²) >= 11 is 3.45. The third-order valence-electron chi connectivity index (χ3n) is 4.08. The van der Waals surface area contributed by atoms with Crippen molar-refractivity contribution < 1.29 is 9.59 Å². The molecule has 2 rings (SSSR count). The maximum atomic E-state index is 12.7. The number of halogens is 1. The van der Waals surface area contributed by atoms with Crippen molar-refractivity contribution in [2.75, 3.05) is 18.4 Å². The molecule has 0 spiro atoms. The number of benzene rings is 2. The lowest BCUT2D eigenvalue weighted by atomic mass is 10.1. The van der Waals surface area contributed by atoms with Gasteiger partial charge < -0.3 is 10.2 Å². The van der Waals surface area contributed by atoms with Crippen LogP contribution in [0.4, 0.5) is 5.69 Å². The van der Waals surface area contributed by atoms with Crippen LogP contribution in [0.1, 0.15) is 53.0 Å². The first kappa shape index (κ1) is 20.2. The van der Waals surface area contributed by atoms with Crippen molar-refractivity contribution in [3.8, 4) is 0 Å². The average Bonchev–Trinajstić information content (AvgIpc) is 2.63. The minimum Gasteiger partial charge on any atom is -0.339 e. The summed E-state index contributed by atoms with van der Waals surface area (Å²) in [6.07, 6.45) is 1.84. The summed E-state index contributed by atoms with van der Waals surface area (Å²) in [7, 11) is 0. The Hall–Kier alpha value is -2.14. The summed E-state index contributed by atoms with van der Waals surface area (Å²) in [5.74, 6) is -0.197. The molecule has 0 aliphatic heterocycles. The monoisotopic (exact) mass is 416 g/mol. The second-order valence-corrected chi connectivity index (χ2v) is 7.15. The van der Waals surface area contributed by atoms with E-state index in [-0.39, 0.29) is 11.8 Å². The predicted molar refractivity (Wildman–Crippen MR) is 110 cm³/mol. The van der Waals surface area contributed by atoms with Crippen LogP contribution in [0, 0.1) is 6.92 Å². The van der Waals surface area contributed by atoms with Crippen molar-refractivity contribution >= 4 is 33.4 Å². The number of amides is 2. The van der Waals surface area contributed by atoms with E-state index in [1.54, 1.807) is 36.4 Å². The number of nitrogens with one attached hydrogen (secondary N) is 1. The van der Waals surface area contributed by atoms with Gasteiger partial charge in [0.25, 0.3) is 11.8 Å². The van der Waals surface area contributed by atoms with E-state index in [0.29, 0.717) is 16.8 Å². The minimum atomic E-state index is -0.200. The second kappa shape index (κ2) is 9.53. The van der Waals surface area contributed by atoms with Gasteiger partial charge >= 0.3 is 0 Å². The van der Waals surface area contributed by atoms with Crippen molar-refractivity contribution in [2.24, 2.45) is 0 Å². The highest BCUT2D eigenvalue weighted by Gasteiger charge is 2.15. The van der Waals surface area contributed by atoms with E-state index in [1.165, 1.54) is 0 Å². The first-order valence-corrected chi connectivity index (χ1v) is 9.72. The highest BCUT2D eigenvalue weighted by molar-refractivity contribution is 9.10. The fourth-order valence-corrected chi connectivity index (χ4v) is 3.08. The van der Waals surface area contributed by atoms with E-state index in [2.05, 4.69) is 35.1 Å². The maximum Gasteiger partial charge on any atom is 0.255 e. The van der Waals surface area contributed by atoms with Crippen LogP contribution in [-0.2, 0) is 0 Å². The van der Waals surface area contributed by atoms with Gasteiger partial charge in [-0.05, 0) is 55.7 Å². The van der Waals surface area contributed by atoms with E-state index in [0.717, 1.165) is 36.0 Å². The van der Waals surface area contributed by atoms with Gasteiger partial charge in [0, 0.05) is 34.4 Å². The van der Waals surface area contributed by atoms with Crippen molar-refractivity contribution in [1.29, 1.82) is 0 Å². The SMILES string of the molecule is CCCN(CCC)C(=O)c1cccc(NC(=O)c2ccc(C)c(Br)c2)c1. The lowest BCUT2D eigenvalue weighted by Gasteiger charge is -2.21. The number of carbonyl (C=O) groups is 2. The number of nitrogens with zero attached hydrogens (tertiary/aromatic N) is 1. The highest BCUT2D eigenvalue weighted by atomic mass is 79.9. The maximum absolute atomic E-state index is 12.7. The summed E-state index contributed by atoms with van der Waals surface area (Å²) < 4.78 is 0.892. The molecule has 2 amide bonds. The van der Waals surface area contributed by atoms with Crippen molar-refractivity contribution in [3.63, 3.8) is 0 Å². The quantitative estimate of drug-likeness (QED) is 0.667. The van der Waals surface area contributed by atoms with Crippen LogP contribution in [-0.4, -0.2) is 29.8 Å². The van der Waals surface area contributed by atoms with Gasteiger partial charge in [0.05, 0.1) is 0 Å². The number of hydrogen-bond acceptors (Lipinski definition) is 2. The van der Waals surface area contributed by atoms with Crippen molar-refractivity contribution in [1.82, 2.24) is 4.90 Å². The standard InChI is InChI=1S/C21H25BrN2O2/c1-4-11-24(12-5-2)21(26)17-7-6-8-18(13-17)23-20(25)16-10-9-15(3)19(22)14-16/h6-10,13-14H,4-5,11-12H2,1-3H3,(H,23,25).